The van der Waals surface area contributed by atoms with Gasteiger partial charge in [-0.2, -0.15) is 0 Å². The van der Waals surface area contributed by atoms with Crippen LogP contribution in [0, 0.1) is 11.8 Å². The third-order valence-electron chi connectivity index (χ3n) is 3.41. The second-order valence-electron chi connectivity index (χ2n) is 4.64. The number of hydrogen-bond acceptors (Lipinski definition) is 3. The summed E-state index contributed by atoms with van der Waals surface area (Å²) in [5.74, 6) is 0.672. The van der Waals surface area contributed by atoms with Gasteiger partial charge in [-0.05, 0) is 19.3 Å². The minimum absolute atomic E-state index is 0.183. The minimum Gasteiger partial charge on any atom is -0.466 e. The molecule has 1 fully saturated rings. The lowest BCUT2D eigenvalue weighted by Crippen LogP contribution is -2.25. The first-order chi connectivity index (χ1) is 7.65. The van der Waals surface area contributed by atoms with E-state index in [1.165, 1.54) is 6.42 Å². The molecule has 0 aromatic heterocycles. The molecular weight excluding hydrogens is 204 g/mol. The maximum absolute atomic E-state index is 11.9. The molecule has 0 N–H and O–H groups in total. The van der Waals surface area contributed by atoms with Gasteiger partial charge in [0.2, 0.25) is 0 Å². The van der Waals surface area contributed by atoms with Crippen molar-refractivity contribution in [2.24, 2.45) is 11.8 Å². The largest absolute Gasteiger partial charge is 0.466 e. The average molecular weight is 226 g/mol. The standard InChI is InChI=1S/C13H22O3/c1-3-16-13(15)9-8-12(14)11-7-5-4-6-10(11)2/h10-11H,3-9H2,1-2H3. The molecule has 92 valence electrons. The highest BCUT2D eigenvalue weighted by molar-refractivity contribution is 5.85. The summed E-state index contributed by atoms with van der Waals surface area (Å²) in [4.78, 5) is 23.0. The van der Waals surface area contributed by atoms with Crippen molar-refractivity contribution in [1.82, 2.24) is 0 Å². The smallest absolute Gasteiger partial charge is 0.306 e. The molecule has 3 nitrogen and oxygen atoms in total. The predicted octanol–water partition coefficient (Wildman–Crippen LogP) is 2.73. The molecule has 0 aromatic carbocycles. The second kappa shape index (κ2) is 6.66. The van der Waals surface area contributed by atoms with Crippen LogP contribution in [0.3, 0.4) is 0 Å². The van der Waals surface area contributed by atoms with Gasteiger partial charge in [0.05, 0.1) is 13.0 Å². The zero-order valence-electron chi connectivity index (χ0n) is 10.3. The first-order valence-electron chi connectivity index (χ1n) is 6.33. The van der Waals surface area contributed by atoms with E-state index in [1.54, 1.807) is 6.92 Å². The summed E-state index contributed by atoms with van der Waals surface area (Å²) in [5, 5.41) is 0. The van der Waals surface area contributed by atoms with Crippen LogP contribution < -0.4 is 0 Å². The maximum Gasteiger partial charge on any atom is 0.306 e. The van der Waals surface area contributed by atoms with E-state index in [1.807, 2.05) is 0 Å². The summed E-state index contributed by atoms with van der Waals surface area (Å²) in [7, 11) is 0. The van der Waals surface area contributed by atoms with Gasteiger partial charge in [-0.1, -0.05) is 26.2 Å². The molecule has 1 saturated carbocycles. The van der Waals surface area contributed by atoms with Crippen LogP contribution in [-0.4, -0.2) is 18.4 Å². The van der Waals surface area contributed by atoms with Crippen LogP contribution in [0.15, 0.2) is 0 Å². The van der Waals surface area contributed by atoms with Crippen LogP contribution in [-0.2, 0) is 14.3 Å². The Kier molecular flexibility index (Phi) is 5.50. The van der Waals surface area contributed by atoms with E-state index < -0.39 is 0 Å². The van der Waals surface area contributed by atoms with Crippen molar-refractivity contribution in [1.29, 1.82) is 0 Å². The molecule has 0 spiro atoms. The fraction of sp³-hybridized carbons (Fsp3) is 0.846. The number of esters is 1. The lowest BCUT2D eigenvalue weighted by Gasteiger charge is -2.27. The maximum atomic E-state index is 11.9. The monoisotopic (exact) mass is 226 g/mol. The van der Waals surface area contributed by atoms with Crippen LogP contribution in [0.25, 0.3) is 0 Å². The number of Topliss-reactive ketones (excluding diaryl/α,β-unsaturated/α-hetero) is 1. The van der Waals surface area contributed by atoms with E-state index in [0.717, 1.165) is 19.3 Å². The third kappa shape index (κ3) is 3.95. The predicted molar refractivity (Wildman–Crippen MR) is 62.0 cm³/mol. The fourth-order valence-electron chi connectivity index (χ4n) is 2.44. The van der Waals surface area contributed by atoms with Gasteiger partial charge in [-0.3, -0.25) is 9.59 Å². The molecule has 2 unspecified atom stereocenters. The van der Waals surface area contributed by atoms with Crippen LogP contribution in [0.5, 0.6) is 0 Å². The normalized spacial score (nSPS) is 25.1. The minimum atomic E-state index is -0.251. The first-order valence-corrected chi connectivity index (χ1v) is 6.33. The van der Waals surface area contributed by atoms with Gasteiger partial charge in [0.1, 0.15) is 5.78 Å². The van der Waals surface area contributed by atoms with Gasteiger partial charge in [0, 0.05) is 12.3 Å². The highest BCUT2D eigenvalue weighted by atomic mass is 16.5. The van der Waals surface area contributed by atoms with E-state index in [4.69, 9.17) is 4.74 Å². The van der Waals surface area contributed by atoms with E-state index in [0.29, 0.717) is 18.9 Å². The SMILES string of the molecule is CCOC(=O)CCC(=O)C1CCCCC1C. The number of ether oxygens (including phenoxy) is 1. The molecule has 0 amide bonds. The van der Waals surface area contributed by atoms with Crippen molar-refractivity contribution < 1.29 is 14.3 Å². The Bertz CT molecular complexity index is 248. The molecule has 16 heavy (non-hydrogen) atoms. The zero-order chi connectivity index (χ0) is 12.0. The molecule has 3 heteroatoms. The zero-order valence-corrected chi connectivity index (χ0v) is 10.3. The third-order valence-corrected chi connectivity index (χ3v) is 3.41. The quantitative estimate of drug-likeness (QED) is 0.677. The molecule has 0 saturated heterocycles. The molecule has 0 bridgehead atoms. The molecule has 0 radical (unpaired) electrons. The number of ketones is 1. The molecule has 0 aliphatic heterocycles. The topological polar surface area (TPSA) is 43.4 Å². The molecule has 0 heterocycles. The van der Waals surface area contributed by atoms with E-state index in [-0.39, 0.29) is 24.1 Å². The van der Waals surface area contributed by atoms with Crippen molar-refractivity contribution >= 4 is 11.8 Å². The summed E-state index contributed by atoms with van der Waals surface area (Å²) in [6.45, 7) is 4.32. The Morgan fingerprint density at radius 3 is 2.50 bits per heavy atom. The molecule has 2 atom stereocenters. The van der Waals surface area contributed by atoms with E-state index in [9.17, 15) is 9.59 Å². The molecule has 0 aromatic rings. The molecule has 1 aliphatic rings. The van der Waals surface area contributed by atoms with Gasteiger partial charge in [0.15, 0.2) is 0 Å². The van der Waals surface area contributed by atoms with Crippen LogP contribution in [0.4, 0.5) is 0 Å². The van der Waals surface area contributed by atoms with Gasteiger partial charge < -0.3 is 4.74 Å². The first kappa shape index (κ1) is 13.2. The molecule has 1 aliphatic carbocycles. The lowest BCUT2D eigenvalue weighted by atomic mass is 9.77. The number of rotatable bonds is 5. The Morgan fingerprint density at radius 2 is 1.88 bits per heavy atom. The number of carbonyl (C=O) groups excluding carboxylic acids is 2. The van der Waals surface area contributed by atoms with Crippen molar-refractivity contribution in [3.8, 4) is 0 Å². The average Bonchev–Trinajstić information content (AvgIpc) is 2.27. The number of carbonyl (C=O) groups is 2. The van der Waals surface area contributed by atoms with Gasteiger partial charge in [-0.25, -0.2) is 0 Å². The Balaban J connectivity index is 2.31. The molecule has 1 rings (SSSR count). The Hall–Kier alpha value is -0.860. The summed E-state index contributed by atoms with van der Waals surface area (Å²) in [5.41, 5.74) is 0. The molecular formula is C13H22O3. The summed E-state index contributed by atoms with van der Waals surface area (Å²) < 4.78 is 4.82. The van der Waals surface area contributed by atoms with Gasteiger partial charge >= 0.3 is 5.97 Å². The van der Waals surface area contributed by atoms with E-state index >= 15 is 0 Å². The Morgan fingerprint density at radius 1 is 1.19 bits per heavy atom. The number of hydrogen-bond donors (Lipinski definition) is 0. The second-order valence-corrected chi connectivity index (χ2v) is 4.64. The van der Waals surface area contributed by atoms with Gasteiger partial charge in [-0.15, -0.1) is 0 Å². The Labute approximate surface area is 97.5 Å². The summed E-state index contributed by atoms with van der Waals surface area (Å²) >= 11 is 0. The fourth-order valence-corrected chi connectivity index (χ4v) is 2.44. The van der Waals surface area contributed by atoms with E-state index in [2.05, 4.69) is 6.92 Å². The van der Waals surface area contributed by atoms with Crippen molar-refractivity contribution in [3.63, 3.8) is 0 Å². The van der Waals surface area contributed by atoms with Crippen molar-refractivity contribution in [2.45, 2.75) is 52.4 Å². The lowest BCUT2D eigenvalue weighted by molar-refractivity contribution is -0.144. The highest BCUT2D eigenvalue weighted by Gasteiger charge is 2.27. The van der Waals surface area contributed by atoms with Crippen LogP contribution >= 0.6 is 0 Å². The van der Waals surface area contributed by atoms with Crippen molar-refractivity contribution in [2.75, 3.05) is 6.61 Å². The highest BCUT2D eigenvalue weighted by Crippen LogP contribution is 2.31. The summed E-state index contributed by atoms with van der Waals surface area (Å²) in [6.07, 6.45) is 5.14. The van der Waals surface area contributed by atoms with Crippen molar-refractivity contribution in [3.05, 3.63) is 0 Å². The van der Waals surface area contributed by atoms with Crippen LogP contribution in [0.2, 0.25) is 0 Å². The van der Waals surface area contributed by atoms with Gasteiger partial charge in [0.25, 0.3) is 0 Å². The summed E-state index contributed by atoms with van der Waals surface area (Å²) in [6, 6.07) is 0. The van der Waals surface area contributed by atoms with Crippen LogP contribution in [0.1, 0.15) is 52.4 Å².